The van der Waals surface area contributed by atoms with Crippen LogP contribution in [0.15, 0.2) is 12.1 Å². The second kappa shape index (κ2) is 4.73. The molecule has 0 radical (unpaired) electrons. The topological polar surface area (TPSA) is 18.5 Å². The molecule has 0 unspecified atom stereocenters. The molecule has 0 saturated heterocycles. The van der Waals surface area contributed by atoms with Crippen LogP contribution in [0.5, 0.6) is 11.5 Å². The smallest absolute Gasteiger partial charge is 0.123 e. The van der Waals surface area contributed by atoms with Crippen LogP contribution in [-0.4, -0.2) is 14.2 Å². The van der Waals surface area contributed by atoms with E-state index in [1.165, 1.54) is 24.8 Å². The average Bonchev–Trinajstić information content (AvgIpc) is 2.64. The first kappa shape index (κ1) is 14.2. The predicted octanol–water partition coefficient (Wildman–Crippen LogP) is 4.48. The molecular formula is C17H26O2. The fourth-order valence-corrected chi connectivity index (χ4v) is 3.48. The highest BCUT2D eigenvalue weighted by atomic mass is 16.5. The van der Waals surface area contributed by atoms with Gasteiger partial charge in [-0.25, -0.2) is 0 Å². The minimum atomic E-state index is 0.152. The van der Waals surface area contributed by atoms with Gasteiger partial charge in [0.15, 0.2) is 0 Å². The summed E-state index contributed by atoms with van der Waals surface area (Å²) >= 11 is 0. The Morgan fingerprint density at radius 1 is 0.947 bits per heavy atom. The maximum atomic E-state index is 5.64. The quantitative estimate of drug-likeness (QED) is 0.799. The molecule has 1 aliphatic rings. The summed E-state index contributed by atoms with van der Waals surface area (Å²) in [4.78, 5) is 0. The van der Waals surface area contributed by atoms with Crippen molar-refractivity contribution >= 4 is 0 Å². The minimum absolute atomic E-state index is 0.152. The Hall–Kier alpha value is -1.18. The highest BCUT2D eigenvalue weighted by Crippen LogP contribution is 2.56. The van der Waals surface area contributed by atoms with Crippen LogP contribution in [0.4, 0.5) is 0 Å². The first-order chi connectivity index (χ1) is 8.85. The maximum Gasteiger partial charge on any atom is 0.123 e. The van der Waals surface area contributed by atoms with Crippen molar-refractivity contribution in [2.75, 3.05) is 14.2 Å². The van der Waals surface area contributed by atoms with Gasteiger partial charge in [-0.05, 0) is 42.9 Å². The Labute approximate surface area is 117 Å². The summed E-state index contributed by atoms with van der Waals surface area (Å²) in [5.74, 6) is 1.95. The van der Waals surface area contributed by atoms with Gasteiger partial charge in [-0.2, -0.15) is 0 Å². The molecule has 2 heteroatoms. The molecule has 1 saturated carbocycles. The third kappa shape index (κ3) is 2.11. The molecule has 2 nitrogen and oxygen atoms in total. The van der Waals surface area contributed by atoms with E-state index < -0.39 is 0 Å². The maximum absolute atomic E-state index is 5.64. The Balaban J connectivity index is 2.61. The molecule has 0 aromatic heterocycles. The number of benzene rings is 1. The zero-order valence-electron chi connectivity index (χ0n) is 13.1. The van der Waals surface area contributed by atoms with Crippen LogP contribution in [0.3, 0.4) is 0 Å². The normalized spacial score (nSPS) is 25.4. The van der Waals surface area contributed by atoms with Crippen molar-refractivity contribution < 1.29 is 9.47 Å². The molecule has 0 amide bonds. The van der Waals surface area contributed by atoms with E-state index in [9.17, 15) is 0 Å². The predicted molar refractivity (Wildman–Crippen MR) is 79.3 cm³/mol. The van der Waals surface area contributed by atoms with Crippen LogP contribution >= 0.6 is 0 Å². The van der Waals surface area contributed by atoms with Gasteiger partial charge < -0.3 is 9.47 Å². The van der Waals surface area contributed by atoms with Crippen molar-refractivity contribution in [1.29, 1.82) is 0 Å². The van der Waals surface area contributed by atoms with Crippen molar-refractivity contribution in [3.8, 4) is 11.5 Å². The van der Waals surface area contributed by atoms with E-state index in [0.29, 0.717) is 5.41 Å². The summed E-state index contributed by atoms with van der Waals surface area (Å²) in [6.45, 7) is 9.16. The molecule has 1 aliphatic carbocycles. The summed E-state index contributed by atoms with van der Waals surface area (Å²) in [6, 6.07) is 4.29. The summed E-state index contributed by atoms with van der Waals surface area (Å²) < 4.78 is 11.1. The molecule has 0 heterocycles. The second-order valence-electron chi connectivity index (χ2n) is 6.59. The Bertz CT molecular complexity index is 476. The van der Waals surface area contributed by atoms with E-state index >= 15 is 0 Å². The Kier molecular flexibility index (Phi) is 3.55. The zero-order valence-corrected chi connectivity index (χ0v) is 13.1. The largest absolute Gasteiger partial charge is 0.496 e. The molecule has 0 aliphatic heterocycles. The van der Waals surface area contributed by atoms with E-state index in [0.717, 1.165) is 17.1 Å². The third-order valence-corrected chi connectivity index (χ3v) is 5.28. The van der Waals surface area contributed by atoms with Crippen molar-refractivity contribution in [2.45, 2.75) is 52.4 Å². The highest BCUT2D eigenvalue weighted by Gasteiger charge is 2.47. The van der Waals surface area contributed by atoms with Crippen LogP contribution in [0.2, 0.25) is 0 Å². The van der Waals surface area contributed by atoms with E-state index in [1.807, 2.05) is 0 Å². The Morgan fingerprint density at radius 2 is 1.58 bits per heavy atom. The molecule has 0 bridgehead atoms. The molecular weight excluding hydrogens is 236 g/mol. The lowest BCUT2D eigenvalue weighted by molar-refractivity contribution is 0.217. The number of hydrogen-bond acceptors (Lipinski definition) is 2. The van der Waals surface area contributed by atoms with Gasteiger partial charge in [0.25, 0.3) is 0 Å². The number of aryl methyl sites for hydroxylation is 1. The van der Waals surface area contributed by atoms with E-state index in [2.05, 4.69) is 39.8 Å². The van der Waals surface area contributed by atoms with Gasteiger partial charge in [0.2, 0.25) is 0 Å². The van der Waals surface area contributed by atoms with Crippen molar-refractivity contribution in [1.82, 2.24) is 0 Å². The molecule has 19 heavy (non-hydrogen) atoms. The minimum Gasteiger partial charge on any atom is -0.496 e. The molecule has 2 rings (SSSR count). The first-order valence-corrected chi connectivity index (χ1v) is 7.09. The van der Waals surface area contributed by atoms with Crippen molar-refractivity contribution in [2.24, 2.45) is 5.41 Å². The van der Waals surface area contributed by atoms with Gasteiger partial charge >= 0.3 is 0 Å². The zero-order chi connectivity index (χ0) is 14.3. The fourth-order valence-electron chi connectivity index (χ4n) is 3.48. The van der Waals surface area contributed by atoms with Crippen LogP contribution < -0.4 is 9.47 Å². The van der Waals surface area contributed by atoms with Crippen LogP contribution in [0, 0.1) is 12.3 Å². The molecule has 0 N–H and O–H groups in total. The van der Waals surface area contributed by atoms with E-state index in [4.69, 9.17) is 9.47 Å². The van der Waals surface area contributed by atoms with E-state index in [-0.39, 0.29) is 5.41 Å². The van der Waals surface area contributed by atoms with Crippen molar-refractivity contribution in [3.63, 3.8) is 0 Å². The molecule has 106 valence electrons. The number of hydrogen-bond donors (Lipinski definition) is 0. The van der Waals surface area contributed by atoms with E-state index in [1.54, 1.807) is 14.2 Å². The van der Waals surface area contributed by atoms with Crippen LogP contribution in [-0.2, 0) is 5.41 Å². The average molecular weight is 262 g/mol. The van der Waals surface area contributed by atoms with Gasteiger partial charge in [-0.15, -0.1) is 0 Å². The van der Waals surface area contributed by atoms with Gasteiger partial charge in [0, 0.05) is 11.0 Å². The SMILES string of the molecule is COc1cc([C@]2(C)CCCC2(C)C)c(OC)cc1C. The molecule has 1 aromatic rings. The van der Waals surface area contributed by atoms with Gasteiger partial charge in [-0.1, -0.05) is 27.2 Å². The number of rotatable bonds is 3. The lowest BCUT2D eigenvalue weighted by Gasteiger charge is -2.40. The molecule has 1 fully saturated rings. The first-order valence-electron chi connectivity index (χ1n) is 7.09. The molecule has 1 atom stereocenters. The summed E-state index contributed by atoms with van der Waals surface area (Å²) in [6.07, 6.45) is 3.76. The summed E-state index contributed by atoms with van der Waals surface area (Å²) in [5.41, 5.74) is 2.86. The van der Waals surface area contributed by atoms with Crippen molar-refractivity contribution in [3.05, 3.63) is 23.3 Å². The highest BCUT2D eigenvalue weighted by molar-refractivity contribution is 5.50. The number of ether oxygens (including phenoxy) is 2. The van der Waals surface area contributed by atoms with Gasteiger partial charge in [-0.3, -0.25) is 0 Å². The Morgan fingerprint density at radius 3 is 2.05 bits per heavy atom. The monoisotopic (exact) mass is 262 g/mol. The molecule has 0 spiro atoms. The lowest BCUT2D eigenvalue weighted by Crippen LogP contribution is -2.34. The van der Waals surface area contributed by atoms with Gasteiger partial charge in [0.1, 0.15) is 11.5 Å². The summed E-state index contributed by atoms with van der Waals surface area (Å²) in [7, 11) is 3.50. The second-order valence-corrected chi connectivity index (χ2v) is 6.59. The number of methoxy groups -OCH3 is 2. The third-order valence-electron chi connectivity index (χ3n) is 5.28. The lowest BCUT2D eigenvalue weighted by atomic mass is 9.65. The standard InChI is InChI=1S/C17H26O2/c1-12-10-15(19-6)13(11-14(12)18-5)17(4)9-7-8-16(17,2)3/h10-11H,7-9H2,1-6H3/t17-/m0/s1. The van der Waals surface area contributed by atoms with Gasteiger partial charge in [0.05, 0.1) is 14.2 Å². The van der Waals surface area contributed by atoms with Crippen LogP contribution in [0.25, 0.3) is 0 Å². The fraction of sp³-hybridized carbons (Fsp3) is 0.647. The molecule has 1 aromatic carbocycles. The summed E-state index contributed by atoms with van der Waals surface area (Å²) in [5, 5.41) is 0. The van der Waals surface area contributed by atoms with Crippen LogP contribution in [0.1, 0.15) is 51.2 Å².